The van der Waals surface area contributed by atoms with E-state index in [-0.39, 0.29) is 5.03 Å². The van der Waals surface area contributed by atoms with E-state index in [0.717, 1.165) is 0 Å². The van der Waals surface area contributed by atoms with Crippen molar-refractivity contribution in [3.05, 3.63) is 42.9 Å². The Morgan fingerprint density at radius 2 is 1.94 bits per heavy atom. The van der Waals surface area contributed by atoms with Gasteiger partial charge in [0.15, 0.2) is 5.03 Å². The monoisotopic (exact) mass is 237 g/mol. The molecule has 2 rings (SSSR count). The Kier molecular flexibility index (Phi) is 2.66. The predicted octanol–water partition coefficient (Wildman–Crippen LogP) is 1.22. The third-order valence-corrected chi connectivity index (χ3v) is 3.25. The quantitative estimate of drug-likeness (QED) is 0.873. The van der Waals surface area contributed by atoms with Gasteiger partial charge < -0.3 is 4.57 Å². The molecule has 0 aliphatic heterocycles. The zero-order chi connectivity index (χ0) is 11.6. The van der Waals surface area contributed by atoms with Crippen LogP contribution >= 0.6 is 0 Å². The number of hydrogen-bond acceptors (Lipinski definition) is 3. The van der Waals surface area contributed by atoms with Gasteiger partial charge in [-0.1, -0.05) is 18.2 Å². The molecule has 0 unspecified atom stereocenters. The molecule has 0 aliphatic carbocycles. The molecule has 0 saturated carbocycles. The minimum atomic E-state index is -3.57. The van der Waals surface area contributed by atoms with Crippen LogP contribution in [0, 0.1) is 0 Å². The Labute approximate surface area is 93.8 Å². The lowest BCUT2D eigenvalue weighted by Crippen LogP contribution is -2.13. The Morgan fingerprint density at radius 3 is 2.50 bits per heavy atom. The van der Waals surface area contributed by atoms with E-state index in [9.17, 15) is 8.42 Å². The van der Waals surface area contributed by atoms with E-state index in [2.05, 4.69) is 9.71 Å². The third kappa shape index (κ3) is 2.22. The molecule has 0 bridgehead atoms. The van der Waals surface area contributed by atoms with Crippen LogP contribution in [-0.4, -0.2) is 18.0 Å². The summed E-state index contributed by atoms with van der Waals surface area (Å²) >= 11 is 0. The molecule has 0 atom stereocenters. The molecule has 1 N–H and O–H groups in total. The zero-order valence-corrected chi connectivity index (χ0v) is 9.48. The second-order valence-electron chi connectivity index (χ2n) is 3.35. The van der Waals surface area contributed by atoms with Gasteiger partial charge in [-0.3, -0.25) is 4.72 Å². The van der Waals surface area contributed by atoms with Crippen LogP contribution in [0.1, 0.15) is 0 Å². The second-order valence-corrected chi connectivity index (χ2v) is 4.98. The molecule has 0 saturated heterocycles. The number of anilines is 1. The number of benzene rings is 1. The third-order valence-electron chi connectivity index (χ3n) is 1.98. The lowest BCUT2D eigenvalue weighted by atomic mass is 10.3. The first-order valence-electron chi connectivity index (χ1n) is 4.64. The van der Waals surface area contributed by atoms with Crippen LogP contribution in [-0.2, 0) is 17.1 Å². The van der Waals surface area contributed by atoms with E-state index >= 15 is 0 Å². The van der Waals surface area contributed by atoms with Gasteiger partial charge in [-0.2, -0.15) is 8.42 Å². The van der Waals surface area contributed by atoms with Crippen LogP contribution in [0.2, 0.25) is 0 Å². The van der Waals surface area contributed by atoms with Crippen LogP contribution in [0.3, 0.4) is 0 Å². The standard InChI is InChI=1S/C10H11N3O2S/c1-13-7-10(11-8-13)16(14,15)12-9-5-3-2-4-6-9/h2-8,12H,1H3. The van der Waals surface area contributed by atoms with Crippen LogP contribution < -0.4 is 4.72 Å². The molecule has 1 aromatic carbocycles. The van der Waals surface area contributed by atoms with Crippen molar-refractivity contribution in [1.29, 1.82) is 0 Å². The van der Waals surface area contributed by atoms with Gasteiger partial charge in [0.05, 0.1) is 6.33 Å². The SMILES string of the molecule is Cn1cnc(S(=O)(=O)Nc2ccccc2)c1. The number of rotatable bonds is 3. The average molecular weight is 237 g/mol. The van der Waals surface area contributed by atoms with Gasteiger partial charge in [-0.05, 0) is 12.1 Å². The van der Waals surface area contributed by atoms with Crippen molar-refractivity contribution >= 4 is 15.7 Å². The topological polar surface area (TPSA) is 64.0 Å². The Bertz CT molecular complexity index is 575. The van der Waals surface area contributed by atoms with Crippen molar-refractivity contribution in [2.45, 2.75) is 5.03 Å². The predicted molar refractivity (Wildman–Crippen MR) is 60.5 cm³/mol. The number of para-hydroxylation sites is 1. The molecule has 0 amide bonds. The molecule has 0 aliphatic rings. The van der Waals surface area contributed by atoms with E-state index < -0.39 is 10.0 Å². The molecule has 16 heavy (non-hydrogen) atoms. The number of imidazole rings is 1. The Hall–Kier alpha value is -1.82. The van der Waals surface area contributed by atoms with E-state index in [1.54, 1.807) is 35.9 Å². The lowest BCUT2D eigenvalue weighted by molar-refractivity contribution is 0.598. The molecule has 0 spiro atoms. The minimum Gasteiger partial charge on any atom is -0.339 e. The summed E-state index contributed by atoms with van der Waals surface area (Å²) in [6, 6.07) is 8.70. The van der Waals surface area contributed by atoms with Crippen LogP contribution in [0.4, 0.5) is 5.69 Å². The molecular weight excluding hydrogens is 226 g/mol. The summed E-state index contributed by atoms with van der Waals surface area (Å²) in [4.78, 5) is 3.80. The number of nitrogens with one attached hydrogen (secondary N) is 1. The molecule has 2 aromatic rings. The second kappa shape index (κ2) is 3.97. The number of nitrogens with zero attached hydrogens (tertiary/aromatic N) is 2. The van der Waals surface area contributed by atoms with E-state index in [1.807, 2.05) is 6.07 Å². The van der Waals surface area contributed by atoms with Crippen molar-refractivity contribution < 1.29 is 8.42 Å². The molecule has 1 aromatic heterocycles. The van der Waals surface area contributed by atoms with Crippen molar-refractivity contribution in [1.82, 2.24) is 9.55 Å². The Morgan fingerprint density at radius 1 is 1.25 bits per heavy atom. The maximum Gasteiger partial charge on any atom is 0.280 e. The average Bonchev–Trinajstić information content (AvgIpc) is 2.66. The summed E-state index contributed by atoms with van der Waals surface area (Å²) < 4.78 is 27.7. The van der Waals surface area contributed by atoms with E-state index in [0.29, 0.717) is 5.69 Å². The summed E-state index contributed by atoms with van der Waals surface area (Å²) in [6.45, 7) is 0. The summed E-state index contributed by atoms with van der Waals surface area (Å²) in [5.74, 6) is 0. The number of hydrogen-bond donors (Lipinski definition) is 1. The zero-order valence-electron chi connectivity index (χ0n) is 8.66. The van der Waals surface area contributed by atoms with Crippen molar-refractivity contribution in [2.24, 2.45) is 7.05 Å². The van der Waals surface area contributed by atoms with Gasteiger partial charge in [0, 0.05) is 18.9 Å². The molecule has 1 heterocycles. The largest absolute Gasteiger partial charge is 0.339 e. The fourth-order valence-electron chi connectivity index (χ4n) is 1.24. The van der Waals surface area contributed by atoms with Gasteiger partial charge in [0.1, 0.15) is 0 Å². The molecule has 84 valence electrons. The first-order valence-corrected chi connectivity index (χ1v) is 6.12. The highest BCUT2D eigenvalue weighted by molar-refractivity contribution is 7.92. The highest BCUT2D eigenvalue weighted by Gasteiger charge is 2.16. The van der Waals surface area contributed by atoms with Crippen molar-refractivity contribution in [3.63, 3.8) is 0 Å². The molecule has 0 radical (unpaired) electrons. The molecule has 0 fully saturated rings. The fourth-order valence-corrected chi connectivity index (χ4v) is 2.28. The minimum absolute atomic E-state index is 0.0128. The van der Waals surface area contributed by atoms with Gasteiger partial charge in [0.2, 0.25) is 0 Å². The maximum atomic E-state index is 11.8. The summed E-state index contributed by atoms with van der Waals surface area (Å²) in [5, 5.41) is 0.0128. The van der Waals surface area contributed by atoms with Gasteiger partial charge in [-0.15, -0.1) is 0 Å². The maximum absolute atomic E-state index is 11.8. The summed E-state index contributed by atoms with van der Waals surface area (Å²) in [7, 11) is -1.86. The van der Waals surface area contributed by atoms with Gasteiger partial charge >= 0.3 is 0 Å². The van der Waals surface area contributed by atoms with E-state index in [1.165, 1.54) is 12.5 Å². The van der Waals surface area contributed by atoms with Crippen molar-refractivity contribution in [3.8, 4) is 0 Å². The van der Waals surface area contributed by atoms with Gasteiger partial charge in [0.25, 0.3) is 10.0 Å². The lowest BCUT2D eigenvalue weighted by Gasteiger charge is -2.04. The molecular formula is C10H11N3O2S. The van der Waals surface area contributed by atoms with Crippen molar-refractivity contribution in [2.75, 3.05) is 4.72 Å². The van der Waals surface area contributed by atoms with E-state index in [4.69, 9.17) is 0 Å². The fraction of sp³-hybridized carbons (Fsp3) is 0.100. The molecule has 6 heteroatoms. The summed E-state index contributed by atoms with van der Waals surface area (Å²) in [6.07, 6.45) is 2.89. The first kappa shape index (κ1) is 10.7. The smallest absolute Gasteiger partial charge is 0.280 e. The van der Waals surface area contributed by atoms with Crippen LogP contribution in [0.5, 0.6) is 0 Å². The number of aromatic nitrogens is 2. The highest BCUT2D eigenvalue weighted by Crippen LogP contribution is 2.13. The number of aryl methyl sites for hydroxylation is 1. The van der Waals surface area contributed by atoms with Crippen LogP contribution in [0.15, 0.2) is 47.9 Å². The first-order chi connectivity index (χ1) is 7.58. The Balaban J connectivity index is 2.28. The highest BCUT2D eigenvalue weighted by atomic mass is 32.2. The number of sulfonamides is 1. The summed E-state index contributed by atoms with van der Waals surface area (Å²) in [5.41, 5.74) is 0.521. The van der Waals surface area contributed by atoms with Crippen LogP contribution in [0.25, 0.3) is 0 Å². The molecule has 5 nitrogen and oxygen atoms in total. The normalized spacial score (nSPS) is 11.3. The van der Waals surface area contributed by atoms with Gasteiger partial charge in [-0.25, -0.2) is 4.98 Å².